The van der Waals surface area contributed by atoms with Crippen molar-refractivity contribution >= 4 is 29.1 Å². The molecule has 7 nitrogen and oxygen atoms in total. The summed E-state index contributed by atoms with van der Waals surface area (Å²) in [6, 6.07) is 19.1. The van der Waals surface area contributed by atoms with Gasteiger partial charge in [-0.05, 0) is 43.0 Å². The molecule has 2 heterocycles. The molecule has 174 valence electrons. The lowest BCUT2D eigenvalue weighted by atomic mass is 9.85. The Kier molecular flexibility index (Phi) is 6.67. The summed E-state index contributed by atoms with van der Waals surface area (Å²) < 4.78 is 0. The summed E-state index contributed by atoms with van der Waals surface area (Å²) in [5.74, 6) is 0.200. The monoisotopic (exact) mass is 448 g/mol. The zero-order chi connectivity index (χ0) is 23.4. The van der Waals surface area contributed by atoms with E-state index in [-0.39, 0.29) is 24.3 Å². The maximum absolute atomic E-state index is 13.7. The van der Waals surface area contributed by atoms with E-state index in [0.29, 0.717) is 50.6 Å². The molecule has 3 amide bonds. The zero-order valence-electron chi connectivity index (χ0n) is 19.4. The highest BCUT2D eigenvalue weighted by Gasteiger charge is 2.54. The van der Waals surface area contributed by atoms with E-state index >= 15 is 0 Å². The highest BCUT2D eigenvalue weighted by molar-refractivity contribution is 5.99. The van der Waals surface area contributed by atoms with Crippen LogP contribution < -0.4 is 10.2 Å². The summed E-state index contributed by atoms with van der Waals surface area (Å²) in [6.45, 7) is 5.52. The van der Waals surface area contributed by atoms with Crippen LogP contribution in [0.2, 0.25) is 0 Å². The van der Waals surface area contributed by atoms with Crippen molar-refractivity contribution in [2.75, 3.05) is 36.5 Å². The highest BCUT2D eigenvalue weighted by atomic mass is 16.2. The van der Waals surface area contributed by atoms with Crippen LogP contribution in [0.5, 0.6) is 0 Å². The van der Waals surface area contributed by atoms with E-state index in [9.17, 15) is 14.4 Å². The quantitative estimate of drug-likeness (QED) is 0.736. The molecular weight excluding hydrogens is 416 g/mol. The van der Waals surface area contributed by atoms with Crippen molar-refractivity contribution in [1.82, 2.24) is 9.80 Å². The largest absolute Gasteiger partial charge is 0.342 e. The Hall–Kier alpha value is -3.35. The van der Waals surface area contributed by atoms with Gasteiger partial charge in [-0.15, -0.1) is 0 Å². The van der Waals surface area contributed by atoms with E-state index in [1.165, 1.54) is 0 Å². The minimum absolute atomic E-state index is 0.00515. The molecule has 0 unspecified atom stereocenters. The van der Waals surface area contributed by atoms with Gasteiger partial charge in [0.2, 0.25) is 11.8 Å². The van der Waals surface area contributed by atoms with Crippen LogP contribution in [0.15, 0.2) is 60.7 Å². The molecule has 1 N–H and O–H groups in total. The second-order valence-corrected chi connectivity index (χ2v) is 9.33. The van der Waals surface area contributed by atoms with Crippen LogP contribution in [-0.4, -0.2) is 59.4 Å². The number of para-hydroxylation sites is 2. The maximum atomic E-state index is 13.7. The molecule has 4 rings (SSSR count). The van der Waals surface area contributed by atoms with Gasteiger partial charge in [0.05, 0.1) is 6.67 Å². The smallest absolute Gasteiger partial charge is 0.250 e. The molecule has 0 bridgehead atoms. The molecule has 2 fully saturated rings. The molecule has 0 atom stereocenters. The lowest BCUT2D eigenvalue weighted by molar-refractivity contribution is -0.139. The van der Waals surface area contributed by atoms with Gasteiger partial charge in [-0.1, -0.05) is 50.2 Å². The second kappa shape index (κ2) is 9.65. The number of amides is 3. The Labute approximate surface area is 195 Å². The van der Waals surface area contributed by atoms with Crippen LogP contribution in [0.3, 0.4) is 0 Å². The third-order valence-corrected chi connectivity index (χ3v) is 6.50. The Morgan fingerprint density at radius 3 is 2.18 bits per heavy atom. The number of carbonyl (C=O) groups excluding carboxylic acids is 3. The minimum Gasteiger partial charge on any atom is -0.342 e. The number of piperidine rings is 1. The molecule has 2 saturated heterocycles. The van der Waals surface area contributed by atoms with Gasteiger partial charge in [0, 0.05) is 30.9 Å². The number of benzene rings is 2. The molecule has 2 aromatic rings. The summed E-state index contributed by atoms with van der Waals surface area (Å²) in [7, 11) is 0. The first-order valence-corrected chi connectivity index (χ1v) is 11.6. The predicted octanol–water partition coefficient (Wildman–Crippen LogP) is 3.34. The Morgan fingerprint density at radius 2 is 1.58 bits per heavy atom. The Morgan fingerprint density at radius 1 is 0.970 bits per heavy atom. The molecule has 2 aliphatic rings. The number of nitrogens with zero attached hydrogens (tertiary/aromatic N) is 3. The van der Waals surface area contributed by atoms with Gasteiger partial charge in [-0.3, -0.25) is 14.4 Å². The van der Waals surface area contributed by atoms with Crippen LogP contribution in [-0.2, 0) is 14.4 Å². The number of hydrogen-bond acceptors (Lipinski definition) is 4. The minimum atomic E-state index is -0.733. The number of likely N-dealkylation sites (tertiary alicyclic amines) is 1. The number of rotatable bonds is 6. The first-order chi connectivity index (χ1) is 15.9. The molecule has 2 aliphatic heterocycles. The second-order valence-electron chi connectivity index (χ2n) is 9.33. The van der Waals surface area contributed by atoms with Gasteiger partial charge in [-0.25, -0.2) is 0 Å². The lowest BCUT2D eigenvalue weighted by Crippen LogP contribution is -2.57. The average molecular weight is 449 g/mol. The normalized spacial score (nSPS) is 17.7. The lowest BCUT2D eigenvalue weighted by Gasteiger charge is -2.43. The third-order valence-electron chi connectivity index (χ3n) is 6.50. The van der Waals surface area contributed by atoms with Crippen molar-refractivity contribution in [2.45, 2.75) is 38.6 Å². The number of anilines is 2. The number of nitrogens with one attached hydrogen (secondary N) is 1. The van der Waals surface area contributed by atoms with Crippen LogP contribution in [0.1, 0.15) is 33.1 Å². The van der Waals surface area contributed by atoms with Crippen molar-refractivity contribution in [3.63, 3.8) is 0 Å². The molecule has 0 saturated carbocycles. The highest BCUT2D eigenvalue weighted by Crippen LogP contribution is 2.39. The SMILES string of the molecule is CC(C)CC(=O)N1CCC2(CC1)C(=O)N(CC(=O)Nc1ccccc1)CN2c1ccccc1. The van der Waals surface area contributed by atoms with Crippen molar-refractivity contribution in [2.24, 2.45) is 5.92 Å². The van der Waals surface area contributed by atoms with E-state index in [0.717, 1.165) is 5.69 Å². The number of hydrogen-bond donors (Lipinski definition) is 1. The topological polar surface area (TPSA) is 73.0 Å². The van der Waals surface area contributed by atoms with Gasteiger partial charge in [0.25, 0.3) is 5.91 Å². The summed E-state index contributed by atoms with van der Waals surface area (Å²) in [4.78, 5) is 44.6. The third kappa shape index (κ3) is 4.87. The van der Waals surface area contributed by atoms with Crippen molar-refractivity contribution in [1.29, 1.82) is 0 Å². The van der Waals surface area contributed by atoms with Gasteiger partial charge in [-0.2, -0.15) is 0 Å². The van der Waals surface area contributed by atoms with Crippen LogP contribution in [0.25, 0.3) is 0 Å². The maximum Gasteiger partial charge on any atom is 0.250 e. The Balaban J connectivity index is 1.51. The molecule has 0 radical (unpaired) electrons. The van der Waals surface area contributed by atoms with Crippen molar-refractivity contribution in [3.8, 4) is 0 Å². The van der Waals surface area contributed by atoms with E-state index in [2.05, 4.69) is 10.2 Å². The van der Waals surface area contributed by atoms with Crippen molar-refractivity contribution < 1.29 is 14.4 Å². The average Bonchev–Trinajstić information content (AvgIpc) is 3.06. The van der Waals surface area contributed by atoms with Gasteiger partial charge >= 0.3 is 0 Å². The van der Waals surface area contributed by atoms with E-state index in [1.807, 2.05) is 79.4 Å². The zero-order valence-corrected chi connectivity index (χ0v) is 19.4. The summed E-state index contributed by atoms with van der Waals surface area (Å²) in [6.07, 6.45) is 1.64. The fourth-order valence-electron chi connectivity index (χ4n) is 4.82. The first kappa shape index (κ1) is 22.8. The fourth-order valence-corrected chi connectivity index (χ4v) is 4.82. The molecule has 2 aromatic carbocycles. The summed E-state index contributed by atoms with van der Waals surface area (Å²) >= 11 is 0. The fraction of sp³-hybridized carbons (Fsp3) is 0.423. The predicted molar refractivity (Wildman–Crippen MR) is 129 cm³/mol. The molecule has 0 aliphatic carbocycles. The standard InChI is InChI=1S/C26H32N4O3/c1-20(2)17-24(32)28-15-13-26(14-16-28)25(33)29(19-30(26)22-11-7-4-8-12-22)18-23(31)27-21-9-5-3-6-10-21/h3-12,20H,13-19H2,1-2H3,(H,27,31). The van der Waals surface area contributed by atoms with Crippen LogP contribution in [0.4, 0.5) is 11.4 Å². The summed E-state index contributed by atoms with van der Waals surface area (Å²) in [5.41, 5.74) is 0.933. The molecule has 33 heavy (non-hydrogen) atoms. The molecule has 1 spiro atoms. The number of carbonyl (C=O) groups is 3. The van der Waals surface area contributed by atoms with Crippen molar-refractivity contribution in [3.05, 3.63) is 60.7 Å². The van der Waals surface area contributed by atoms with Gasteiger partial charge < -0.3 is 20.0 Å². The molecule has 0 aromatic heterocycles. The van der Waals surface area contributed by atoms with E-state index in [4.69, 9.17) is 0 Å². The first-order valence-electron chi connectivity index (χ1n) is 11.6. The van der Waals surface area contributed by atoms with E-state index in [1.54, 1.807) is 4.90 Å². The van der Waals surface area contributed by atoms with E-state index < -0.39 is 5.54 Å². The van der Waals surface area contributed by atoms with Crippen LogP contribution in [0, 0.1) is 5.92 Å². The Bertz CT molecular complexity index is 985. The molecular formula is C26H32N4O3. The van der Waals surface area contributed by atoms with Crippen LogP contribution >= 0.6 is 0 Å². The molecule has 7 heteroatoms. The van der Waals surface area contributed by atoms with Gasteiger partial charge in [0.1, 0.15) is 12.1 Å². The van der Waals surface area contributed by atoms with Gasteiger partial charge in [0.15, 0.2) is 0 Å². The summed E-state index contributed by atoms with van der Waals surface area (Å²) in [5, 5.41) is 2.87.